The first-order chi connectivity index (χ1) is 32.7. The minimum atomic E-state index is -1.85. The lowest BCUT2D eigenvalue weighted by atomic mass is 9.31. The van der Waals surface area contributed by atoms with Gasteiger partial charge in [0.15, 0.2) is 0 Å². The number of likely N-dealkylation sites (N-methyl/N-ethyl adjacent to an activating group) is 1. The molecule has 0 aromatic heterocycles. The predicted molar refractivity (Wildman–Crippen MR) is 255 cm³/mol. The van der Waals surface area contributed by atoms with E-state index in [1.807, 2.05) is 25.2 Å². The number of benzene rings is 1. The summed E-state index contributed by atoms with van der Waals surface area (Å²) >= 11 is 0. The van der Waals surface area contributed by atoms with Gasteiger partial charge in [-0.25, -0.2) is 4.79 Å². The highest BCUT2D eigenvalue weighted by atomic mass is 16.5. The number of aliphatic hydroxyl groups excluding tert-OH is 3. The van der Waals surface area contributed by atoms with Crippen molar-refractivity contribution >= 4 is 12.3 Å². The number of nitrogens with one attached hydrogen (secondary N) is 1. The van der Waals surface area contributed by atoms with Crippen LogP contribution in [0.25, 0.3) is 0 Å². The summed E-state index contributed by atoms with van der Waals surface area (Å²) in [5, 5.41) is 83.7. The maximum absolute atomic E-state index is 15.1. The van der Waals surface area contributed by atoms with E-state index in [-0.39, 0.29) is 55.3 Å². The second kappa shape index (κ2) is 15.9. The molecule has 0 radical (unpaired) electrons. The van der Waals surface area contributed by atoms with E-state index in [4.69, 9.17) is 4.74 Å². The highest BCUT2D eigenvalue weighted by Crippen LogP contribution is 2.83. The summed E-state index contributed by atoms with van der Waals surface area (Å²) in [4.78, 5) is 29.0. The van der Waals surface area contributed by atoms with E-state index >= 15 is 4.79 Å². The molecule has 12 aliphatic rings. The second-order valence-electron chi connectivity index (χ2n) is 25.4. The molecule has 10 heteroatoms. The topological polar surface area (TPSA) is 177 Å². The third-order valence-electron chi connectivity index (χ3n) is 24.3. The van der Waals surface area contributed by atoms with Gasteiger partial charge in [0.05, 0.1) is 35.9 Å². The Morgan fingerprint density at radius 2 is 1.68 bits per heavy atom. The average Bonchev–Trinajstić information content (AvgIpc) is 4.19. The summed E-state index contributed by atoms with van der Waals surface area (Å²) in [6.45, 7) is 1.91. The summed E-state index contributed by atoms with van der Waals surface area (Å²) in [6, 6.07) is 5.62. The quantitative estimate of drug-likeness (QED) is 0.0907. The molecule has 1 heterocycles. The summed E-state index contributed by atoms with van der Waals surface area (Å²) in [7, 11) is 1.91. The van der Waals surface area contributed by atoms with Crippen molar-refractivity contribution in [1.29, 1.82) is 0 Å². The van der Waals surface area contributed by atoms with Crippen molar-refractivity contribution in [1.82, 2.24) is 5.32 Å². The van der Waals surface area contributed by atoms with Crippen LogP contribution in [0.15, 0.2) is 29.8 Å². The molecule has 3 spiro atoms. The fourth-order valence-electron chi connectivity index (χ4n) is 21.6. The molecule has 9 fully saturated rings. The average molecular weight is 934 g/mol. The minimum absolute atomic E-state index is 0.106. The van der Waals surface area contributed by atoms with E-state index in [9.17, 15) is 35.4 Å². The third-order valence-corrected chi connectivity index (χ3v) is 24.3. The smallest absolute Gasteiger partial charge is 0.331 e. The molecule has 0 unspecified atom stereocenters. The number of esters is 1. The Kier molecular flexibility index (Phi) is 10.9. The molecule has 11 aliphatic carbocycles. The summed E-state index contributed by atoms with van der Waals surface area (Å²) in [5.41, 5.74) is -6.44. The first-order valence-corrected chi connectivity index (χ1v) is 27.5. The molecule has 1 aliphatic heterocycles. The van der Waals surface area contributed by atoms with Crippen molar-refractivity contribution in [3.8, 4) is 11.8 Å². The van der Waals surface area contributed by atoms with Crippen LogP contribution in [0, 0.1) is 86.3 Å². The second-order valence-corrected chi connectivity index (χ2v) is 25.4. The van der Waals surface area contributed by atoms with Gasteiger partial charge in [0.2, 0.25) is 0 Å². The predicted octanol–water partition coefficient (Wildman–Crippen LogP) is 6.86. The van der Waals surface area contributed by atoms with Crippen LogP contribution in [0.4, 0.5) is 0 Å². The van der Waals surface area contributed by atoms with Crippen LogP contribution in [0.5, 0.6) is 0 Å². The number of hydrogen-bond donors (Lipinski definition) is 7. The molecule has 370 valence electrons. The van der Waals surface area contributed by atoms with Gasteiger partial charge >= 0.3 is 5.97 Å². The highest BCUT2D eigenvalue weighted by molar-refractivity contribution is 5.87. The number of ether oxygens (including phenoxy) is 1. The Labute approximate surface area is 403 Å². The van der Waals surface area contributed by atoms with Gasteiger partial charge in [-0.05, 0) is 161 Å². The van der Waals surface area contributed by atoms with Crippen molar-refractivity contribution in [3.63, 3.8) is 0 Å². The fourth-order valence-corrected chi connectivity index (χ4v) is 21.6. The van der Waals surface area contributed by atoms with Crippen molar-refractivity contribution < 1.29 is 45.0 Å². The Morgan fingerprint density at radius 1 is 0.897 bits per heavy atom. The maximum atomic E-state index is 15.1. The van der Waals surface area contributed by atoms with Gasteiger partial charge in [0.1, 0.15) is 18.0 Å². The standard InChI is InChI=1S/C58H79NO9/c1-35(36-11-3-4-12-36)38-16-17-44-50(64)52(22-10-21-51(52)19-7-8-20-51)32-53(33-61)47-18-24-54-23-6-5-13-37-14-9-15-39(31-60)42(37)27-46(59-2)43-26-40(55(54,34-62)45-28-48(63)68-49(43)45)30-57(54,66)56(47,65)29-41(25-38)58(44,53)67/h9,14-15,28,33,35-36,38,40-41,43-44,46-47,49-50,59-60,62,64-67H,3-4,6-8,10-12,16-27,29-32,34H2,1-2H3/t35-,38-,40-,41-,43-,44+,46-,47+,49-,50+,52-,53-,54+,55+,56-,57+,58-/m0/s1. The largest absolute Gasteiger partial charge is 0.454 e. The summed E-state index contributed by atoms with van der Waals surface area (Å²) in [6.07, 6.45) is 18.2. The Bertz CT molecular complexity index is 2300. The summed E-state index contributed by atoms with van der Waals surface area (Å²) in [5.74, 6) is 5.22. The lowest BCUT2D eigenvalue weighted by Crippen LogP contribution is -2.83. The normalized spacial score (nSPS) is 49.1. The van der Waals surface area contributed by atoms with Gasteiger partial charge in [0, 0.05) is 58.1 Å². The van der Waals surface area contributed by atoms with E-state index in [1.165, 1.54) is 25.7 Å². The van der Waals surface area contributed by atoms with Gasteiger partial charge in [-0.1, -0.05) is 75.8 Å². The fraction of sp³-hybridized carbons (Fsp3) is 0.793. The van der Waals surface area contributed by atoms with Crippen molar-refractivity contribution in [3.05, 3.63) is 46.5 Å². The highest BCUT2D eigenvalue weighted by Gasteiger charge is 2.87. The number of carbonyl (C=O) groups is 2. The van der Waals surface area contributed by atoms with Crippen LogP contribution in [0.1, 0.15) is 165 Å². The lowest BCUT2D eigenvalue weighted by Gasteiger charge is -2.75. The number of hydrogen-bond acceptors (Lipinski definition) is 10. The minimum Gasteiger partial charge on any atom is -0.454 e. The maximum Gasteiger partial charge on any atom is 0.331 e. The van der Waals surface area contributed by atoms with E-state index in [0.717, 1.165) is 74.3 Å². The van der Waals surface area contributed by atoms with Crippen LogP contribution < -0.4 is 5.32 Å². The van der Waals surface area contributed by atoms with Gasteiger partial charge < -0.3 is 45.5 Å². The zero-order valence-electron chi connectivity index (χ0n) is 40.8. The molecule has 1 aromatic carbocycles. The Morgan fingerprint density at radius 3 is 2.41 bits per heavy atom. The van der Waals surface area contributed by atoms with Crippen LogP contribution in [0.3, 0.4) is 0 Å². The third kappa shape index (κ3) is 5.52. The number of aldehydes is 1. The van der Waals surface area contributed by atoms with E-state index < -0.39 is 74.4 Å². The van der Waals surface area contributed by atoms with Gasteiger partial charge in [-0.3, -0.25) is 0 Å². The lowest BCUT2D eigenvalue weighted by molar-refractivity contribution is -0.363. The molecule has 13 rings (SSSR count). The van der Waals surface area contributed by atoms with E-state index in [2.05, 4.69) is 24.1 Å². The molecular weight excluding hydrogens is 855 g/mol. The molecule has 1 aromatic rings. The Balaban J connectivity index is 1.06. The number of aliphatic hydroxyl groups is 6. The Hall–Kier alpha value is -2.62. The van der Waals surface area contributed by atoms with Gasteiger partial charge in [0.25, 0.3) is 0 Å². The van der Waals surface area contributed by atoms with E-state index in [0.29, 0.717) is 75.2 Å². The van der Waals surface area contributed by atoms with Crippen LogP contribution >= 0.6 is 0 Å². The molecule has 0 saturated heterocycles. The van der Waals surface area contributed by atoms with Gasteiger partial charge in [-0.2, -0.15) is 0 Å². The van der Waals surface area contributed by atoms with Crippen LogP contribution in [0.2, 0.25) is 0 Å². The molecule has 68 heavy (non-hydrogen) atoms. The molecular formula is C58H79NO9. The number of rotatable bonds is 6. The number of fused-ring (bicyclic) bond motifs is 7. The molecule has 4 bridgehead atoms. The molecule has 10 nitrogen and oxygen atoms in total. The van der Waals surface area contributed by atoms with E-state index in [1.54, 1.807) is 6.08 Å². The first kappa shape index (κ1) is 46.5. The molecule has 7 N–H and O–H groups in total. The van der Waals surface area contributed by atoms with Gasteiger partial charge in [-0.15, -0.1) is 0 Å². The number of carbonyl (C=O) groups excluding carboxylic acids is 2. The van der Waals surface area contributed by atoms with Crippen molar-refractivity contribution in [2.45, 2.75) is 196 Å². The molecule has 17 atom stereocenters. The zero-order chi connectivity index (χ0) is 47.3. The first-order valence-electron chi connectivity index (χ1n) is 27.5. The zero-order valence-corrected chi connectivity index (χ0v) is 40.8. The summed E-state index contributed by atoms with van der Waals surface area (Å²) < 4.78 is 6.36. The molecule has 9 saturated carbocycles. The van der Waals surface area contributed by atoms with Crippen molar-refractivity contribution in [2.75, 3.05) is 13.7 Å². The van der Waals surface area contributed by atoms with Crippen LogP contribution in [-0.4, -0.2) is 91.6 Å². The molecule has 0 amide bonds. The van der Waals surface area contributed by atoms with Crippen molar-refractivity contribution in [2.24, 2.45) is 74.4 Å². The monoisotopic (exact) mass is 934 g/mol. The van der Waals surface area contributed by atoms with Crippen LogP contribution in [-0.2, 0) is 27.4 Å². The SMILES string of the molecule is CN[C@H]1Cc2c(cccc2CO)C#CCC[C@]23CC[C@H]4[C@@](O)(C[C@@H]5C[C@@H]([C@@H](C)C6CCCC6)CC[C@@H]6[C@@H](O)[C@]7(CCCC78CCCC8)C[C@@]4(C=O)[C@]56O)[C@@]2(O)C[C@@H]2C[C@@H]1[C@@H]1OC(=O)C=C1[C@@]23CO.